The molecule has 57 heavy (non-hydrogen) atoms. The Morgan fingerprint density at radius 3 is 1.28 bits per heavy atom. The molecule has 1 unspecified atom stereocenters. The molecule has 298 valence electrons. The summed E-state index contributed by atoms with van der Waals surface area (Å²) in [7, 11) is 0. The average molecular weight is 873 g/mol. The molecule has 0 saturated heterocycles. The van der Waals surface area contributed by atoms with E-state index in [1.807, 2.05) is 0 Å². The molecule has 0 radical (unpaired) electrons. The molecule has 0 spiro atoms. The van der Waals surface area contributed by atoms with Crippen LogP contribution in [-0.4, -0.2) is 3.21 Å². The van der Waals surface area contributed by atoms with Crippen molar-refractivity contribution in [3.8, 4) is 0 Å². The van der Waals surface area contributed by atoms with Gasteiger partial charge in [0.25, 0.3) is 0 Å². The summed E-state index contributed by atoms with van der Waals surface area (Å²) in [5.41, 5.74) is 13.6. The Balaban J connectivity index is 0.000000200. The molecule has 8 rings (SSSR count). The molecule has 0 bridgehead atoms. The van der Waals surface area contributed by atoms with Gasteiger partial charge in [0.05, 0.1) is 0 Å². The third-order valence-corrected chi connectivity index (χ3v) is 13.1. The van der Waals surface area contributed by atoms with Gasteiger partial charge in [-0.3, -0.25) is 6.08 Å². The molecule has 0 nitrogen and oxygen atoms in total. The molecule has 0 N–H and O–H groups in total. The van der Waals surface area contributed by atoms with E-state index in [1.165, 1.54) is 99.1 Å². The first-order valence-corrected chi connectivity index (χ1v) is 21.4. The van der Waals surface area contributed by atoms with Crippen molar-refractivity contribution in [2.24, 2.45) is 11.3 Å². The van der Waals surface area contributed by atoms with E-state index in [4.69, 9.17) is 0 Å². The van der Waals surface area contributed by atoms with Gasteiger partial charge in [-0.1, -0.05) is 114 Å². The first-order valence-electron chi connectivity index (χ1n) is 20.2. The summed E-state index contributed by atoms with van der Waals surface area (Å²) in [6.45, 7) is 31.6. The van der Waals surface area contributed by atoms with E-state index in [9.17, 15) is 0 Å². The molecule has 0 aliphatic heterocycles. The van der Waals surface area contributed by atoms with Crippen LogP contribution in [0.25, 0.3) is 33.7 Å². The summed E-state index contributed by atoms with van der Waals surface area (Å²) < 4.78 is 1.42. The Labute approximate surface area is 372 Å². The standard InChI is InChI=1S/C23H21.C21H26.C10H15.2ClH.Zr/c1-22(2)7-5-14-10-18-16(12-20(14)22)9-17-13-21-15(11-19(17)18)6-8-23(21,3)4;1-20(2,3)18-11-7-16(8-12-18)15-17-9-13-19(14-10-17)21(4,5)6;1-8-5-6-9(7-8)10(2,3)4;;;/h5-13H,1-4H3;7-14H,1-6H3;6-8H,1-4H3;2*1H;/q-1;;-1;;;+2/p-2. The third-order valence-electron chi connectivity index (χ3n) is 11.7. The fraction of sp³-hybridized carbons (Fsp3) is 0.370. The van der Waals surface area contributed by atoms with Crippen LogP contribution >= 0.6 is 0 Å². The number of fused-ring (bicyclic) bond motifs is 5. The number of benzene rings is 4. The second-order valence-electron chi connectivity index (χ2n) is 20.3. The number of hydrogen-bond acceptors (Lipinski definition) is 0. The molecule has 0 aromatic heterocycles. The molecule has 0 saturated carbocycles. The third kappa shape index (κ3) is 10.3. The Hall–Kier alpha value is -2.96. The van der Waals surface area contributed by atoms with Crippen LogP contribution in [0.1, 0.15) is 141 Å². The Morgan fingerprint density at radius 1 is 0.596 bits per heavy atom. The van der Waals surface area contributed by atoms with Gasteiger partial charge >= 0.3 is 151 Å². The molecular weight excluding hydrogens is 811 g/mol. The van der Waals surface area contributed by atoms with Gasteiger partial charge in [-0.05, 0) is 11.1 Å². The van der Waals surface area contributed by atoms with Gasteiger partial charge in [0.15, 0.2) is 0 Å². The van der Waals surface area contributed by atoms with E-state index in [1.54, 1.807) is 0 Å². The zero-order valence-corrected chi connectivity index (χ0v) is 40.8. The minimum Gasteiger partial charge on any atom is -1.00 e. The van der Waals surface area contributed by atoms with Crippen LogP contribution in [0.5, 0.6) is 0 Å². The van der Waals surface area contributed by atoms with Crippen LogP contribution in [0.15, 0.2) is 109 Å². The van der Waals surface area contributed by atoms with Crippen LogP contribution in [-0.2, 0) is 45.9 Å². The van der Waals surface area contributed by atoms with Crippen molar-refractivity contribution in [3.05, 3.63) is 159 Å². The Morgan fingerprint density at radius 2 is 0.982 bits per heavy atom. The van der Waals surface area contributed by atoms with E-state index in [0.29, 0.717) is 11.3 Å². The van der Waals surface area contributed by atoms with E-state index in [-0.39, 0.29) is 46.5 Å². The van der Waals surface area contributed by atoms with Gasteiger partial charge in [0.2, 0.25) is 0 Å². The number of allylic oxidation sites excluding steroid dienone is 6. The van der Waals surface area contributed by atoms with Crippen molar-refractivity contribution in [2.45, 2.75) is 119 Å². The molecule has 0 amide bonds. The Bertz CT molecular complexity index is 2220. The molecule has 5 aromatic carbocycles. The normalized spacial score (nSPS) is 17.1. The first-order chi connectivity index (χ1) is 25.4. The predicted octanol–water partition coefficient (Wildman–Crippen LogP) is 8.69. The molecule has 3 aliphatic rings. The monoisotopic (exact) mass is 870 g/mol. The maximum absolute atomic E-state index is 3.26. The van der Waals surface area contributed by atoms with Gasteiger partial charge in [0.1, 0.15) is 0 Å². The summed E-state index contributed by atoms with van der Waals surface area (Å²) in [4.78, 5) is 0. The summed E-state index contributed by atoms with van der Waals surface area (Å²) in [6, 6.07) is 30.1. The van der Waals surface area contributed by atoms with Crippen molar-refractivity contribution in [1.82, 2.24) is 0 Å². The van der Waals surface area contributed by atoms with E-state index >= 15 is 0 Å². The largest absolute Gasteiger partial charge is 1.00 e. The second-order valence-corrected chi connectivity index (χ2v) is 21.5. The van der Waals surface area contributed by atoms with Gasteiger partial charge in [-0.15, -0.1) is 39.7 Å². The van der Waals surface area contributed by atoms with Crippen LogP contribution in [0.3, 0.4) is 0 Å². The van der Waals surface area contributed by atoms with Gasteiger partial charge in [0, 0.05) is 10.8 Å². The number of halogens is 2. The van der Waals surface area contributed by atoms with Crippen LogP contribution < -0.4 is 24.8 Å². The van der Waals surface area contributed by atoms with E-state index in [2.05, 4.69) is 218 Å². The quantitative estimate of drug-likeness (QED) is 0.156. The smallest absolute Gasteiger partial charge is 0.00151 e. The minimum absolute atomic E-state index is 0. The first kappa shape index (κ1) is 46.7. The van der Waals surface area contributed by atoms with Crippen LogP contribution in [0.4, 0.5) is 0 Å². The van der Waals surface area contributed by atoms with Crippen molar-refractivity contribution in [2.75, 3.05) is 0 Å². The number of hydrogen-bond donors (Lipinski definition) is 0. The summed E-state index contributed by atoms with van der Waals surface area (Å²) >= 11 is 1.46. The maximum atomic E-state index is 3.26. The SMILES string of the molecule is CC(C)(C)c1ccc([C](=[Zr+2])c2ccc(C(C)(C)C)cc2)cc1.CC1(C)C=Cc2cc3c(cc21)[cH-]c1cc2c(cc13)C=CC2(C)C.CC1[C-]=CC(C(C)(C)C)=C1.[Cl-].[Cl-]. The molecule has 1 atom stereocenters. The molecule has 0 fully saturated rings. The van der Waals surface area contributed by atoms with E-state index in [0.717, 1.165) is 0 Å². The predicted molar refractivity (Wildman–Crippen MR) is 239 cm³/mol. The molecule has 0 heterocycles. The summed E-state index contributed by atoms with van der Waals surface area (Å²) in [6.07, 6.45) is 16.9. The van der Waals surface area contributed by atoms with Crippen molar-refractivity contribution < 1.29 is 49.0 Å². The van der Waals surface area contributed by atoms with Crippen molar-refractivity contribution in [1.29, 1.82) is 0 Å². The average Bonchev–Trinajstić information content (AvgIpc) is 3.86. The zero-order valence-electron chi connectivity index (χ0n) is 36.8. The fourth-order valence-electron chi connectivity index (χ4n) is 7.80. The topological polar surface area (TPSA) is 0 Å². The fourth-order valence-corrected chi connectivity index (χ4v) is 8.62. The summed E-state index contributed by atoms with van der Waals surface area (Å²) in [5.74, 6) is 0.522. The second kappa shape index (κ2) is 17.0. The van der Waals surface area contributed by atoms with Crippen LogP contribution in [0, 0.1) is 17.4 Å². The van der Waals surface area contributed by atoms with Gasteiger partial charge in [-0.25, -0.2) is 6.08 Å². The Kier molecular flexibility index (Phi) is 13.9. The van der Waals surface area contributed by atoms with Crippen molar-refractivity contribution >= 4 is 36.9 Å². The van der Waals surface area contributed by atoms with Gasteiger partial charge < -0.3 is 24.8 Å². The van der Waals surface area contributed by atoms with Crippen molar-refractivity contribution in [3.63, 3.8) is 0 Å². The van der Waals surface area contributed by atoms with Gasteiger partial charge in [-0.2, -0.15) is 11.6 Å². The number of rotatable bonds is 2. The minimum atomic E-state index is 0. The molecular formula is C54H62Cl2Zr-2. The summed E-state index contributed by atoms with van der Waals surface area (Å²) in [5, 5.41) is 5.53. The molecule has 3 heteroatoms. The van der Waals surface area contributed by atoms with Crippen LogP contribution in [0.2, 0.25) is 0 Å². The molecule has 5 aromatic rings. The maximum Gasteiger partial charge on any atom is 0.00151 e. The molecule has 3 aliphatic carbocycles. The zero-order chi connectivity index (χ0) is 40.3. The van der Waals surface area contributed by atoms with E-state index < -0.39 is 0 Å².